The van der Waals surface area contributed by atoms with Crippen molar-refractivity contribution >= 4 is 11.9 Å². The quantitative estimate of drug-likeness (QED) is 0.864. The maximum absolute atomic E-state index is 12.3. The largest absolute Gasteiger partial charge is 0.480 e. The molecule has 0 radical (unpaired) electrons. The van der Waals surface area contributed by atoms with Crippen LogP contribution in [0.25, 0.3) is 0 Å². The van der Waals surface area contributed by atoms with Crippen LogP contribution in [0.3, 0.4) is 0 Å². The SMILES string of the molecule is Cc1noc(C)c1CCC(=O)N(CC(=O)O)CC(F)(F)F. The molecule has 1 amide bonds. The van der Waals surface area contributed by atoms with E-state index >= 15 is 0 Å². The third kappa shape index (κ3) is 5.44. The molecule has 0 unspecified atom stereocenters. The molecule has 1 aromatic rings. The lowest BCUT2D eigenvalue weighted by Gasteiger charge is -2.22. The topological polar surface area (TPSA) is 83.6 Å². The van der Waals surface area contributed by atoms with E-state index in [1.807, 2.05) is 0 Å². The minimum atomic E-state index is -4.64. The van der Waals surface area contributed by atoms with Gasteiger partial charge >= 0.3 is 12.1 Å². The number of amides is 1. The van der Waals surface area contributed by atoms with Gasteiger partial charge in [0.05, 0.1) is 5.69 Å². The van der Waals surface area contributed by atoms with E-state index in [-0.39, 0.29) is 17.7 Å². The predicted octanol–water partition coefficient (Wildman–Crippen LogP) is 1.70. The summed E-state index contributed by atoms with van der Waals surface area (Å²) in [5.41, 5.74) is 1.20. The molecule has 1 N–H and O–H groups in total. The Morgan fingerprint density at radius 2 is 1.95 bits per heavy atom. The number of carboxylic acids is 1. The van der Waals surface area contributed by atoms with Crippen LogP contribution in [0.1, 0.15) is 23.4 Å². The van der Waals surface area contributed by atoms with E-state index in [9.17, 15) is 22.8 Å². The normalized spacial score (nSPS) is 11.5. The number of aliphatic carboxylic acids is 1. The molecule has 1 rings (SSSR count). The molecular weight excluding hydrogens is 293 g/mol. The highest BCUT2D eigenvalue weighted by atomic mass is 19.4. The lowest BCUT2D eigenvalue weighted by atomic mass is 10.1. The van der Waals surface area contributed by atoms with Gasteiger partial charge in [0.1, 0.15) is 18.8 Å². The zero-order valence-electron chi connectivity index (χ0n) is 11.5. The summed E-state index contributed by atoms with van der Waals surface area (Å²) in [5, 5.41) is 12.3. The molecule has 0 spiro atoms. The molecule has 0 saturated heterocycles. The van der Waals surface area contributed by atoms with Crippen LogP contribution in [-0.2, 0) is 16.0 Å². The molecule has 1 aromatic heterocycles. The summed E-state index contributed by atoms with van der Waals surface area (Å²) in [6.07, 6.45) is -4.74. The fourth-order valence-corrected chi connectivity index (χ4v) is 1.86. The van der Waals surface area contributed by atoms with E-state index in [1.54, 1.807) is 13.8 Å². The Morgan fingerprint density at radius 1 is 1.33 bits per heavy atom. The Kier molecular flexibility index (Phi) is 5.34. The van der Waals surface area contributed by atoms with Crippen LogP contribution in [0.2, 0.25) is 0 Å². The molecule has 0 aromatic carbocycles. The summed E-state index contributed by atoms with van der Waals surface area (Å²) in [4.78, 5) is 22.6. The molecule has 0 aliphatic rings. The van der Waals surface area contributed by atoms with Gasteiger partial charge in [-0.25, -0.2) is 0 Å². The number of nitrogens with zero attached hydrogens (tertiary/aromatic N) is 2. The van der Waals surface area contributed by atoms with Crippen molar-refractivity contribution in [1.82, 2.24) is 10.1 Å². The molecule has 118 valence electrons. The Bertz CT molecular complexity index is 506. The zero-order chi connectivity index (χ0) is 16.2. The van der Waals surface area contributed by atoms with Crippen molar-refractivity contribution in [3.8, 4) is 0 Å². The molecule has 0 bridgehead atoms. The standard InChI is InChI=1S/C12H15F3N2O4/c1-7-9(8(2)21-16-7)3-4-10(18)17(5-11(19)20)6-12(13,14)15/h3-6H2,1-2H3,(H,19,20). The molecule has 0 atom stereocenters. The van der Waals surface area contributed by atoms with Crippen LogP contribution in [0.15, 0.2) is 4.52 Å². The minimum absolute atomic E-state index is 0.147. The second-order valence-corrected chi connectivity index (χ2v) is 4.56. The molecule has 0 saturated carbocycles. The highest BCUT2D eigenvalue weighted by Gasteiger charge is 2.33. The van der Waals surface area contributed by atoms with Crippen molar-refractivity contribution in [2.24, 2.45) is 0 Å². The van der Waals surface area contributed by atoms with Gasteiger partial charge in [-0.05, 0) is 20.3 Å². The van der Waals surface area contributed by atoms with Gasteiger partial charge in [-0.1, -0.05) is 5.16 Å². The second kappa shape index (κ2) is 6.59. The number of carbonyl (C=O) groups excluding carboxylic acids is 1. The molecule has 0 aliphatic heterocycles. The first-order chi connectivity index (χ1) is 9.60. The summed E-state index contributed by atoms with van der Waals surface area (Å²) >= 11 is 0. The van der Waals surface area contributed by atoms with Gasteiger partial charge in [-0.15, -0.1) is 0 Å². The van der Waals surface area contributed by atoms with Crippen molar-refractivity contribution in [2.45, 2.75) is 32.9 Å². The predicted molar refractivity (Wildman–Crippen MR) is 64.6 cm³/mol. The first-order valence-electron chi connectivity index (χ1n) is 6.08. The lowest BCUT2D eigenvalue weighted by Crippen LogP contribution is -2.42. The van der Waals surface area contributed by atoms with Crippen LogP contribution < -0.4 is 0 Å². The summed E-state index contributed by atoms with van der Waals surface area (Å²) < 4.78 is 41.9. The number of hydrogen-bond donors (Lipinski definition) is 1. The Hall–Kier alpha value is -2.06. The molecule has 0 aliphatic carbocycles. The smallest absolute Gasteiger partial charge is 0.406 e. The fourth-order valence-electron chi connectivity index (χ4n) is 1.86. The average Bonchev–Trinajstić information content (AvgIpc) is 2.63. The van der Waals surface area contributed by atoms with Gasteiger partial charge in [0.15, 0.2) is 0 Å². The van der Waals surface area contributed by atoms with Crippen molar-refractivity contribution in [1.29, 1.82) is 0 Å². The lowest BCUT2D eigenvalue weighted by molar-refractivity contribution is -0.165. The Balaban J connectivity index is 2.70. The molecule has 0 fully saturated rings. The second-order valence-electron chi connectivity index (χ2n) is 4.56. The molecule has 21 heavy (non-hydrogen) atoms. The molecular formula is C12H15F3N2O4. The van der Waals surface area contributed by atoms with Crippen molar-refractivity contribution in [2.75, 3.05) is 13.1 Å². The number of carboxylic acid groups (broad SMARTS) is 1. The van der Waals surface area contributed by atoms with E-state index in [4.69, 9.17) is 9.63 Å². The van der Waals surface area contributed by atoms with Gasteiger partial charge in [0, 0.05) is 12.0 Å². The zero-order valence-corrected chi connectivity index (χ0v) is 11.5. The van der Waals surface area contributed by atoms with Crippen LogP contribution in [0.5, 0.6) is 0 Å². The first-order valence-corrected chi connectivity index (χ1v) is 6.08. The summed E-state index contributed by atoms with van der Waals surface area (Å²) in [6, 6.07) is 0. The molecule has 9 heteroatoms. The van der Waals surface area contributed by atoms with Crippen LogP contribution >= 0.6 is 0 Å². The van der Waals surface area contributed by atoms with E-state index in [0.29, 0.717) is 17.0 Å². The van der Waals surface area contributed by atoms with Crippen LogP contribution in [0, 0.1) is 13.8 Å². The van der Waals surface area contributed by atoms with E-state index in [0.717, 1.165) is 0 Å². The Labute approximate surface area is 118 Å². The summed E-state index contributed by atoms with van der Waals surface area (Å²) in [6.45, 7) is 0.714. The van der Waals surface area contributed by atoms with E-state index in [2.05, 4.69) is 5.16 Å². The van der Waals surface area contributed by atoms with Gasteiger partial charge < -0.3 is 14.5 Å². The number of aryl methyl sites for hydroxylation is 2. The van der Waals surface area contributed by atoms with E-state index < -0.39 is 31.1 Å². The third-order valence-electron chi connectivity index (χ3n) is 2.82. The first kappa shape index (κ1) is 17.0. The Morgan fingerprint density at radius 3 is 2.38 bits per heavy atom. The van der Waals surface area contributed by atoms with Crippen LogP contribution in [-0.4, -0.2) is 46.3 Å². The monoisotopic (exact) mass is 308 g/mol. The van der Waals surface area contributed by atoms with Crippen molar-refractivity contribution in [3.05, 3.63) is 17.0 Å². The number of aromatic nitrogens is 1. The number of alkyl halides is 3. The maximum Gasteiger partial charge on any atom is 0.406 e. The fraction of sp³-hybridized carbons (Fsp3) is 0.583. The summed E-state index contributed by atoms with van der Waals surface area (Å²) in [7, 11) is 0. The summed E-state index contributed by atoms with van der Waals surface area (Å²) in [5.74, 6) is -1.89. The van der Waals surface area contributed by atoms with Gasteiger partial charge in [0.2, 0.25) is 5.91 Å². The van der Waals surface area contributed by atoms with Crippen LogP contribution in [0.4, 0.5) is 13.2 Å². The number of carbonyl (C=O) groups is 2. The minimum Gasteiger partial charge on any atom is -0.480 e. The van der Waals surface area contributed by atoms with Crippen molar-refractivity contribution < 1.29 is 32.4 Å². The number of halogens is 3. The molecule has 6 nitrogen and oxygen atoms in total. The third-order valence-corrected chi connectivity index (χ3v) is 2.82. The number of hydrogen-bond acceptors (Lipinski definition) is 4. The number of rotatable bonds is 6. The van der Waals surface area contributed by atoms with Gasteiger partial charge in [-0.3, -0.25) is 9.59 Å². The van der Waals surface area contributed by atoms with Gasteiger partial charge in [-0.2, -0.15) is 13.2 Å². The van der Waals surface area contributed by atoms with Crippen molar-refractivity contribution in [3.63, 3.8) is 0 Å². The van der Waals surface area contributed by atoms with Gasteiger partial charge in [0.25, 0.3) is 0 Å². The van der Waals surface area contributed by atoms with E-state index in [1.165, 1.54) is 0 Å². The highest BCUT2D eigenvalue weighted by Crippen LogP contribution is 2.19. The average molecular weight is 308 g/mol. The highest BCUT2D eigenvalue weighted by molar-refractivity contribution is 5.81. The maximum atomic E-state index is 12.3. The molecule has 1 heterocycles.